The summed E-state index contributed by atoms with van der Waals surface area (Å²) in [4.78, 5) is 2.44. The maximum Gasteiger partial charge on any atom is 0.159 e. The van der Waals surface area contributed by atoms with Crippen LogP contribution in [0.15, 0.2) is 18.2 Å². The first-order chi connectivity index (χ1) is 9.75. The van der Waals surface area contributed by atoms with E-state index >= 15 is 0 Å². The molecule has 1 heterocycles. The molecule has 0 bridgehead atoms. The number of piperazine rings is 1. The predicted molar refractivity (Wildman–Crippen MR) is 75.5 cm³/mol. The molecule has 0 amide bonds. The van der Waals surface area contributed by atoms with Gasteiger partial charge in [0, 0.05) is 32.2 Å². The second kappa shape index (κ2) is 6.19. The lowest BCUT2D eigenvalue weighted by Gasteiger charge is -2.38. The molecule has 1 aromatic rings. The highest BCUT2D eigenvalue weighted by Crippen LogP contribution is 2.39. The minimum Gasteiger partial charge on any atom is -0.314 e. The van der Waals surface area contributed by atoms with Gasteiger partial charge in [-0.3, -0.25) is 4.90 Å². The van der Waals surface area contributed by atoms with Gasteiger partial charge in [0.1, 0.15) is 0 Å². The molecule has 110 valence electrons. The Labute approximate surface area is 119 Å². The number of benzene rings is 1. The Morgan fingerprint density at radius 3 is 2.40 bits per heavy atom. The van der Waals surface area contributed by atoms with E-state index in [9.17, 15) is 8.78 Å². The summed E-state index contributed by atoms with van der Waals surface area (Å²) in [5, 5.41) is 3.36. The molecule has 1 N–H and O–H groups in total. The summed E-state index contributed by atoms with van der Waals surface area (Å²) in [6.45, 7) is 3.93. The van der Waals surface area contributed by atoms with Gasteiger partial charge in [-0.1, -0.05) is 18.9 Å². The molecule has 2 nitrogen and oxygen atoms in total. The second-order valence-corrected chi connectivity index (χ2v) is 5.95. The highest BCUT2D eigenvalue weighted by Gasteiger charge is 2.32. The van der Waals surface area contributed by atoms with E-state index in [1.807, 2.05) is 0 Å². The molecule has 2 aliphatic rings. The van der Waals surface area contributed by atoms with Crippen molar-refractivity contribution in [1.82, 2.24) is 10.2 Å². The van der Waals surface area contributed by atoms with Crippen LogP contribution in [0.1, 0.15) is 37.3 Å². The van der Waals surface area contributed by atoms with Crippen molar-refractivity contribution in [1.29, 1.82) is 0 Å². The standard InChI is InChI=1S/C16H22F2N2/c17-14-6-5-13(11-15(14)18)16(12-3-1-2-4-12)20-9-7-19-8-10-20/h5-6,11-12,16,19H,1-4,7-10H2/t16-/m1/s1. The minimum absolute atomic E-state index is 0.245. The Kier molecular flexibility index (Phi) is 4.32. The second-order valence-electron chi connectivity index (χ2n) is 5.95. The summed E-state index contributed by atoms with van der Waals surface area (Å²) in [6, 6.07) is 4.69. The zero-order valence-corrected chi connectivity index (χ0v) is 11.7. The molecule has 1 atom stereocenters. The zero-order valence-electron chi connectivity index (χ0n) is 11.7. The lowest BCUT2D eigenvalue weighted by atomic mass is 9.89. The number of rotatable bonds is 3. The monoisotopic (exact) mass is 280 g/mol. The third-order valence-corrected chi connectivity index (χ3v) is 4.68. The van der Waals surface area contributed by atoms with E-state index in [1.165, 1.54) is 37.8 Å². The van der Waals surface area contributed by atoms with Crippen LogP contribution >= 0.6 is 0 Å². The van der Waals surface area contributed by atoms with E-state index in [0.29, 0.717) is 5.92 Å². The minimum atomic E-state index is -0.751. The van der Waals surface area contributed by atoms with E-state index in [-0.39, 0.29) is 6.04 Å². The number of hydrogen-bond donors (Lipinski definition) is 1. The van der Waals surface area contributed by atoms with Gasteiger partial charge in [-0.05, 0) is 36.5 Å². The molecule has 1 saturated carbocycles. The summed E-state index contributed by atoms with van der Waals surface area (Å²) in [5.41, 5.74) is 0.942. The van der Waals surface area contributed by atoms with Gasteiger partial charge in [-0.15, -0.1) is 0 Å². The maximum absolute atomic E-state index is 13.6. The Morgan fingerprint density at radius 2 is 1.75 bits per heavy atom. The van der Waals surface area contributed by atoms with Crippen LogP contribution in [0.2, 0.25) is 0 Å². The van der Waals surface area contributed by atoms with Gasteiger partial charge in [0.15, 0.2) is 11.6 Å². The van der Waals surface area contributed by atoms with E-state index in [1.54, 1.807) is 6.07 Å². The van der Waals surface area contributed by atoms with Crippen molar-refractivity contribution in [3.05, 3.63) is 35.4 Å². The van der Waals surface area contributed by atoms with Crippen molar-refractivity contribution in [2.75, 3.05) is 26.2 Å². The zero-order chi connectivity index (χ0) is 13.9. The van der Waals surface area contributed by atoms with Gasteiger partial charge < -0.3 is 5.32 Å². The van der Waals surface area contributed by atoms with Crippen LogP contribution in [-0.2, 0) is 0 Å². The van der Waals surface area contributed by atoms with E-state index in [2.05, 4.69) is 10.2 Å². The van der Waals surface area contributed by atoms with Crippen LogP contribution in [0, 0.1) is 17.6 Å². The SMILES string of the molecule is Fc1ccc([C@@H](C2CCCC2)N2CCNCC2)cc1F. The molecule has 1 aliphatic heterocycles. The summed E-state index contributed by atoms with van der Waals surface area (Å²) >= 11 is 0. The number of nitrogens with one attached hydrogen (secondary N) is 1. The molecule has 0 unspecified atom stereocenters. The molecule has 0 aromatic heterocycles. The first-order valence-electron chi connectivity index (χ1n) is 7.65. The molecule has 20 heavy (non-hydrogen) atoms. The Hall–Kier alpha value is -1.00. The molecule has 2 fully saturated rings. The molecule has 1 aliphatic carbocycles. The molecular weight excluding hydrogens is 258 g/mol. The molecule has 1 saturated heterocycles. The van der Waals surface area contributed by atoms with Gasteiger partial charge >= 0.3 is 0 Å². The van der Waals surface area contributed by atoms with Crippen molar-refractivity contribution in [3.8, 4) is 0 Å². The Bertz CT molecular complexity index is 452. The van der Waals surface area contributed by atoms with Gasteiger partial charge in [-0.2, -0.15) is 0 Å². The highest BCUT2D eigenvalue weighted by atomic mass is 19.2. The molecule has 1 aromatic carbocycles. The Morgan fingerprint density at radius 1 is 1.05 bits per heavy atom. The van der Waals surface area contributed by atoms with E-state index < -0.39 is 11.6 Å². The fourth-order valence-corrected chi connectivity index (χ4v) is 3.71. The van der Waals surface area contributed by atoms with E-state index in [0.717, 1.165) is 31.7 Å². The maximum atomic E-state index is 13.6. The van der Waals surface area contributed by atoms with Gasteiger partial charge in [-0.25, -0.2) is 8.78 Å². The topological polar surface area (TPSA) is 15.3 Å². The van der Waals surface area contributed by atoms with Crippen LogP contribution in [0.25, 0.3) is 0 Å². The first kappa shape index (κ1) is 14.0. The fourth-order valence-electron chi connectivity index (χ4n) is 3.71. The first-order valence-corrected chi connectivity index (χ1v) is 7.65. The van der Waals surface area contributed by atoms with Crippen LogP contribution < -0.4 is 5.32 Å². The average Bonchev–Trinajstić information content (AvgIpc) is 2.98. The number of hydrogen-bond acceptors (Lipinski definition) is 2. The van der Waals surface area contributed by atoms with Crippen molar-refractivity contribution < 1.29 is 8.78 Å². The van der Waals surface area contributed by atoms with Crippen LogP contribution in [-0.4, -0.2) is 31.1 Å². The molecule has 3 rings (SSSR count). The van der Waals surface area contributed by atoms with Crippen LogP contribution in [0.4, 0.5) is 8.78 Å². The fraction of sp³-hybridized carbons (Fsp3) is 0.625. The number of halogens is 2. The van der Waals surface area contributed by atoms with Crippen LogP contribution in [0.5, 0.6) is 0 Å². The Balaban J connectivity index is 1.88. The summed E-state index contributed by atoms with van der Waals surface area (Å²) < 4.78 is 26.8. The number of nitrogens with zero attached hydrogens (tertiary/aromatic N) is 1. The predicted octanol–water partition coefficient (Wildman–Crippen LogP) is 3.10. The third kappa shape index (κ3) is 2.86. The highest BCUT2D eigenvalue weighted by molar-refractivity contribution is 5.22. The largest absolute Gasteiger partial charge is 0.314 e. The summed E-state index contributed by atoms with van der Waals surface area (Å²) in [7, 11) is 0. The quantitative estimate of drug-likeness (QED) is 0.915. The molecular formula is C16H22F2N2. The summed E-state index contributed by atoms with van der Waals surface area (Å²) in [6.07, 6.45) is 4.93. The summed E-state index contributed by atoms with van der Waals surface area (Å²) in [5.74, 6) is -0.891. The smallest absolute Gasteiger partial charge is 0.159 e. The van der Waals surface area contributed by atoms with Gasteiger partial charge in [0.2, 0.25) is 0 Å². The lowest BCUT2D eigenvalue weighted by Crippen LogP contribution is -2.46. The molecule has 0 spiro atoms. The van der Waals surface area contributed by atoms with Crippen molar-refractivity contribution >= 4 is 0 Å². The van der Waals surface area contributed by atoms with Crippen LogP contribution in [0.3, 0.4) is 0 Å². The van der Waals surface area contributed by atoms with Crippen molar-refractivity contribution in [3.63, 3.8) is 0 Å². The molecule has 4 heteroatoms. The third-order valence-electron chi connectivity index (χ3n) is 4.68. The lowest BCUT2D eigenvalue weighted by molar-refractivity contribution is 0.125. The average molecular weight is 280 g/mol. The molecule has 0 radical (unpaired) electrons. The van der Waals surface area contributed by atoms with Crippen molar-refractivity contribution in [2.24, 2.45) is 5.92 Å². The normalized spacial score (nSPS) is 23.1. The van der Waals surface area contributed by atoms with Gasteiger partial charge in [0.25, 0.3) is 0 Å². The van der Waals surface area contributed by atoms with Crippen molar-refractivity contribution in [2.45, 2.75) is 31.7 Å². The van der Waals surface area contributed by atoms with E-state index in [4.69, 9.17) is 0 Å². The van der Waals surface area contributed by atoms with Gasteiger partial charge in [0.05, 0.1) is 0 Å².